The van der Waals surface area contributed by atoms with Crippen LogP contribution in [0.3, 0.4) is 0 Å². The maximum atomic E-state index is 11.7. The molecule has 0 atom stereocenters. The number of pyridine rings is 1. The molecule has 4 heteroatoms. The Balaban J connectivity index is 0.000000378. The van der Waals surface area contributed by atoms with Gasteiger partial charge in [-0.25, -0.2) is 0 Å². The van der Waals surface area contributed by atoms with Gasteiger partial charge in [-0.15, -0.1) is 23.1 Å². The Morgan fingerprint density at radius 2 is 1.47 bits per heavy atom. The largest absolute Gasteiger partial charge is 0.512 e. The summed E-state index contributed by atoms with van der Waals surface area (Å²) in [6.45, 7) is 29.1. The number of benzene rings is 2. The molecule has 0 saturated heterocycles. The first-order chi connectivity index (χ1) is 20.4. The molecule has 1 radical (unpaired) electrons. The Labute approximate surface area is 288 Å². The van der Waals surface area contributed by atoms with Gasteiger partial charge < -0.3 is 5.11 Å². The summed E-state index contributed by atoms with van der Waals surface area (Å²) in [6.07, 6.45) is 7.96. The van der Waals surface area contributed by atoms with Crippen LogP contribution in [0, 0.1) is 37.2 Å². The Bertz CT molecular complexity index is 1510. The minimum atomic E-state index is -0.0266. The first-order valence-corrected chi connectivity index (χ1v) is 16.8. The van der Waals surface area contributed by atoms with Crippen molar-refractivity contribution in [1.82, 2.24) is 4.98 Å². The van der Waals surface area contributed by atoms with Gasteiger partial charge in [0.05, 0.1) is 5.76 Å². The predicted molar refractivity (Wildman–Crippen MR) is 189 cm³/mol. The van der Waals surface area contributed by atoms with Crippen LogP contribution in [0.5, 0.6) is 0 Å². The Morgan fingerprint density at radius 1 is 0.911 bits per heavy atom. The van der Waals surface area contributed by atoms with E-state index in [1.807, 2.05) is 33.9 Å². The normalized spacial score (nSPS) is 15.2. The first-order valence-electron chi connectivity index (χ1n) is 16.8. The third-order valence-corrected chi connectivity index (χ3v) is 10.4. The maximum Gasteiger partial charge on any atom is 0.162 e. The summed E-state index contributed by atoms with van der Waals surface area (Å²) in [7, 11) is 0. The molecule has 0 saturated carbocycles. The molecule has 0 aliphatic heterocycles. The fourth-order valence-corrected chi connectivity index (χ4v) is 7.08. The van der Waals surface area contributed by atoms with E-state index in [9.17, 15) is 9.90 Å². The van der Waals surface area contributed by atoms with Crippen LogP contribution in [0.4, 0.5) is 0 Å². The standard InChI is InChI=1S/C28H34N.C13H24O2.Ir/c1-17-10-11-21-18(2)23-22(15-20(21)14-17)25-24(28(8,9)27(23,6)7)19(12-13-29-25)16-26(3,4)5;1-5-10(6-2)12(14)9-13(15)11(7-3)8-4;/h10-14H,16H2,1-9H3;9-11,14H,5-8H2,1-4H3;/q-1;;/b;12-9-;. The van der Waals surface area contributed by atoms with Crippen LogP contribution in [0.25, 0.3) is 22.0 Å². The smallest absolute Gasteiger partial charge is 0.162 e. The van der Waals surface area contributed by atoms with Crippen LogP contribution in [-0.4, -0.2) is 15.9 Å². The van der Waals surface area contributed by atoms with Crippen molar-refractivity contribution >= 4 is 16.6 Å². The van der Waals surface area contributed by atoms with Gasteiger partial charge >= 0.3 is 0 Å². The molecule has 0 amide bonds. The summed E-state index contributed by atoms with van der Waals surface area (Å²) < 4.78 is 0. The van der Waals surface area contributed by atoms with E-state index < -0.39 is 0 Å². The van der Waals surface area contributed by atoms with Crippen molar-refractivity contribution in [2.75, 3.05) is 0 Å². The number of fused-ring (bicyclic) bond motifs is 4. The summed E-state index contributed by atoms with van der Waals surface area (Å²) in [4.78, 5) is 16.7. The first kappa shape index (κ1) is 38.9. The molecule has 1 heterocycles. The topological polar surface area (TPSA) is 50.2 Å². The van der Waals surface area contributed by atoms with Gasteiger partial charge in [-0.3, -0.25) is 9.78 Å². The molecule has 0 spiro atoms. The molecule has 0 bridgehead atoms. The molecule has 45 heavy (non-hydrogen) atoms. The molecule has 1 aromatic heterocycles. The van der Waals surface area contributed by atoms with Crippen LogP contribution in [0.15, 0.2) is 42.3 Å². The molecule has 4 rings (SSSR count). The van der Waals surface area contributed by atoms with E-state index in [1.54, 1.807) is 0 Å². The molecule has 0 unspecified atom stereocenters. The average molecular weight is 789 g/mol. The van der Waals surface area contributed by atoms with Crippen molar-refractivity contribution in [3.05, 3.63) is 76.2 Å². The zero-order valence-electron chi connectivity index (χ0n) is 30.3. The summed E-state index contributed by atoms with van der Waals surface area (Å²) >= 11 is 0. The number of hydrogen-bond acceptors (Lipinski definition) is 3. The average Bonchev–Trinajstić information content (AvgIpc) is 2.92. The van der Waals surface area contributed by atoms with E-state index in [0.29, 0.717) is 0 Å². The second-order valence-corrected chi connectivity index (χ2v) is 15.2. The van der Waals surface area contributed by atoms with E-state index in [0.717, 1.165) is 37.8 Å². The van der Waals surface area contributed by atoms with Crippen molar-refractivity contribution in [2.45, 2.75) is 133 Å². The van der Waals surface area contributed by atoms with Crippen LogP contribution in [0.2, 0.25) is 0 Å². The number of aryl methyl sites for hydroxylation is 2. The van der Waals surface area contributed by atoms with E-state index in [4.69, 9.17) is 4.98 Å². The summed E-state index contributed by atoms with van der Waals surface area (Å²) in [5, 5.41) is 12.3. The van der Waals surface area contributed by atoms with Gasteiger partial charge in [-0.1, -0.05) is 117 Å². The van der Waals surface area contributed by atoms with Gasteiger partial charge in [0.25, 0.3) is 0 Å². The fraction of sp³-hybridized carbons (Fsp3) is 0.561. The predicted octanol–water partition coefficient (Wildman–Crippen LogP) is 11.3. The number of aliphatic hydroxyl groups excluding tert-OH is 1. The number of carbonyl (C=O) groups is 1. The molecule has 1 aliphatic carbocycles. The van der Waals surface area contributed by atoms with Crippen molar-refractivity contribution in [1.29, 1.82) is 0 Å². The van der Waals surface area contributed by atoms with Gasteiger partial charge in [0.2, 0.25) is 0 Å². The molecule has 3 nitrogen and oxygen atoms in total. The Morgan fingerprint density at radius 3 is 2.00 bits per heavy atom. The van der Waals surface area contributed by atoms with Gasteiger partial charge in [-0.05, 0) is 72.5 Å². The molecular weight excluding hydrogens is 731 g/mol. The summed E-state index contributed by atoms with van der Waals surface area (Å²) in [5.74, 6) is 0.547. The quantitative estimate of drug-likeness (QED) is 0.140. The second kappa shape index (κ2) is 15.1. The number of ketones is 1. The SMILES string of the molecule is CCC(CC)C(=O)/C=C(\O)C(CC)CC.Cc1ccc2c(C)c3c([c-]c2c1)-c1nccc(CC(C)(C)C)c1C(C)(C)C3(C)C.[Ir]. The molecule has 1 aliphatic rings. The van der Waals surface area contributed by atoms with Crippen LogP contribution >= 0.6 is 0 Å². The van der Waals surface area contributed by atoms with E-state index in [-0.39, 0.29) is 59.7 Å². The third kappa shape index (κ3) is 7.99. The maximum absolute atomic E-state index is 11.7. The number of carbonyl (C=O) groups excluding carboxylic acids is 1. The zero-order valence-corrected chi connectivity index (χ0v) is 32.7. The van der Waals surface area contributed by atoms with Gasteiger partial charge in [0.15, 0.2) is 5.78 Å². The molecule has 2 aromatic carbocycles. The molecule has 249 valence electrons. The fourth-order valence-electron chi connectivity index (χ4n) is 7.08. The molecule has 0 fully saturated rings. The number of aliphatic hydroxyl groups is 1. The van der Waals surface area contributed by atoms with Crippen LogP contribution < -0.4 is 0 Å². The van der Waals surface area contributed by atoms with Crippen LogP contribution in [0.1, 0.15) is 130 Å². The monoisotopic (exact) mass is 789 g/mol. The third-order valence-electron chi connectivity index (χ3n) is 10.4. The Hall–Kier alpha value is -2.29. The number of hydrogen-bond donors (Lipinski definition) is 1. The van der Waals surface area contributed by atoms with Crippen LogP contribution in [-0.2, 0) is 42.2 Å². The van der Waals surface area contributed by atoms with Gasteiger partial charge in [0.1, 0.15) is 0 Å². The van der Waals surface area contributed by atoms with Gasteiger partial charge in [0, 0.05) is 49.9 Å². The summed E-state index contributed by atoms with van der Waals surface area (Å²) in [5.41, 5.74) is 9.43. The molecule has 3 aromatic rings. The number of allylic oxidation sites excluding steroid dienone is 2. The molecular formula is C41H58IrNO2-. The van der Waals surface area contributed by atoms with E-state index in [2.05, 4.69) is 92.6 Å². The minimum Gasteiger partial charge on any atom is -0.512 e. The van der Waals surface area contributed by atoms with Crippen molar-refractivity contribution in [3.63, 3.8) is 0 Å². The Kier molecular flexibility index (Phi) is 13.0. The van der Waals surface area contributed by atoms with E-state index in [1.165, 1.54) is 50.2 Å². The number of nitrogens with zero attached hydrogens (tertiary/aromatic N) is 1. The number of rotatable bonds is 8. The zero-order chi connectivity index (χ0) is 33.2. The molecule has 1 N–H and O–H groups in total. The van der Waals surface area contributed by atoms with Crippen molar-refractivity contribution < 1.29 is 30.0 Å². The summed E-state index contributed by atoms with van der Waals surface area (Å²) in [6, 6.07) is 12.8. The minimum absolute atomic E-state index is 0. The van der Waals surface area contributed by atoms with Crippen molar-refractivity contribution in [3.8, 4) is 11.3 Å². The second-order valence-electron chi connectivity index (χ2n) is 15.2. The number of aromatic nitrogens is 1. The van der Waals surface area contributed by atoms with E-state index >= 15 is 0 Å². The van der Waals surface area contributed by atoms with Crippen molar-refractivity contribution in [2.24, 2.45) is 17.3 Å². The van der Waals surface area contributed by atoms with Gasteiger partial charge in [-0.2, -0.15) is 0 Å².